The van der Waals surface area contributed by atoms with E-state index in [0.717, 1.165) is 21.6 Å². The fourth-order valence-corrected chi connectivity index (χ4v) is 3.35. The first-order valence-electron chi connectivity index (χ1n) is 7.60. The number of carbonyl (C=O) groups is 1. The van der Waals surface area contributed by atoms with Crippen LogP contribution in [-0.4, -0.2) is 26.0 Å². The number of nitrogens with one attached hydrogen (secondary N) is 1. The number of benzene rings is 2. The average Bonchev–Trinajstić information content (AvgIpc) is 3.12. The zero-order valence-corrected chi connectivity index (χ0v) is 13.8. The molecule has 5 nitrogen and oxygen atoms in total. The summed E-state index contributed by atoms with van der Waals surface area (Å²) in [7, 11) is 0. The highest BCUT2D eigenvalue weighted by atomic mass is 32.2. The normalized spacial score (nSPS) is 11.1. The number of carbonyl (C=O) groups excluding carboxylic acids is 1. The van der Waals surface area contributed by atoms with Crippen molar-refractivity contribution in [3.8, 4) is 0 Å². The molecule has 0 aliphatic carbocycles. The van der Waals surface area contributed by atoms with Crippen molar-refractivity contribution in [1.82, 2.24) is 14.4 Å². The third-order valence-electron chi connectivity index (χ3n) is 3.69. The fraction of sp³-hybridized carbons (Fsp3) is 0.0556. The zero-order chi connectivity index (χ0) is 17.2. The predicted octanol–water partition coefficient (Wildman–Crippen LogP) is 3.75. The number of amides is 1. The van der Waals surface area contributed by atoms with Gasteiger partial charge in [0.1, 0.15) is 10.8 Å². The maximum atomic E-state index is 12.9. The minimum atomic E-state index is -0.337. The molecule has 1 amide bonds. The third kappa shape index (κ3) is 3.18. The van der Waals surface area contributed by atoms with E-state index < -0.39 is 0 Å². The Balaban J connectivity index is 1.54. The van der Waals surface area contributed by atoms with Gasteiger partial charge in [-0.2, -0.15) is 0 Å². The molecule has 0 radical (unpaired) electrons. The van der Waals surface area contributed by atoms with E-state index in [2.05, 4.69) is 15.3 Å². The molecule has 7 heteroatoms. The van der Waals surface area contributed by atoms with Gasteiger partial charge in [-0.15, -0.1) is 0 Å². The van der Waals surface area contributed by atoms with Crippen molar-refractivity contribution < 1.29 is 9.18 Å². The Kier molecular flexibility index (Phi) is 4.07. The summed E-state index contributed by atoms with van der Waals surface area (Å²) in [5.41, 5.74) is 3.23. The number of nitrogens with zero attached hydrogens (tertiary/aromatic N) is 3. The van der Waals surface area contributed by atoms with Gasteiger partial charge in [0.25, 0.3) is 0 Å². The van der Waals surface area contributed by atoms with Crippen molar-refractivity contribution in [3.05, 3.63) is 66.9 Å². The van der Waals surface area contributed by atoms with Crippen LogP contribution in [0.2, 0.25) is 0 Å². The first-order valence-corrected chi connectivity index (χ1v) is 8.58. The van der Waals surface area contributed by atoms with E-state index >= 15 is 0 Å². The Morgan fingerprint density at radius 3 is 2.76 bits per heavy atom. The van der Waals surface area contributed by atoms with Crippen molar-refractivity contribution in [1.29, 1.82) is 0 Å². The van der Waals surface area contributed by atoms with E-state index in [1.54, 1.807) is 12.5 Å². The Hall–Kier alpha value is -2.93. The van der Waals surface area contributed by atoms with Gasteiger partial charge in [0.05, 0.1) is 34.8 Å². The highest BCUT2D eigenvalue weighted by Crippen LogP contribution is 2.25. The van der Waals surface area contributed by atoms with Crippen molar-refractivity contribution in [2.75, 3.05) is 11.1 Å². The summed E-state index contributed by atoms with van der Waals surface area (Å²) in [6.07, 6.45) is 3.47. The number of aromatic nitrogens is 3. The number of hydrogen-bond donors (Lipinski definition) is 1. The van der Waals surface area contributed by atoms with E-state index in [1.165, 1.54) is 36.0 Å². The van der Waals surface area contributed by atoms with Crippen LogP contribution in [0.25, 0.3) is 16.6 Å². The summed E-state index contributed by atoms with van der Waals surface area (Å²) in [5, 5.41) is 3.48. The zero-order valence-electron chi connectivity index (χ0n) is 13.0. The van der Waals surface area contributed by atoms with Gasteiger partial charge in [0.2, 0.25) is 5.91 Å². The highest BCUT2D eigenvalue weighted by molar-refractivity contribution is 8.00. The van der Waals surface area contributed by atoms with E-state index in [-0.39, 0.29) is 17.5 Å². The van der Waals surface area contributed by atoms with Gasteiger partial charge in [-0.1, -0.05) is 23.9 Å². The van der Waals surface area contributed by atoms with Gasteiger partial charge in [0.15, 0.2) is 0 Å². The molecule has 0 fully saturated rings. The minimum absolute atomic E-state index is 0.177. The molecule has 0 atom stereocenters. The average molecular weight is 352 g/mol. The lowest BCUT2D eigenvalue weighted by molar-refractivity contribution is -0.113. The summed E-state index contributed by atoms with van der Waals surface area (Å²) in [4.78, 5) is 21.0. The molecule has 4 aromatic rings. The predicted molar refractivity (Wildman–Crippen MR) is 96.2 cm³/mol. The summed E-state index contributed by atoms with van der Waals surface area (Å²) < 4.78 is 14.9. The number of imidazole rings is 1. The molecule has 2 heterocycles. The van der Waals surface area contributed by atoms with Gasteiger partial charge in [-0.3, -0.25) is 9.20 Å². The molecular weight excluding hydrogens is 339 g/mol. The van der Waals surface area contributed by atoms with Crippen molar-refractivity contribution >= 4 is 39.9 Å². The SMILES string of the molecule is O=C(CSc1nc2ccccc2n2cncc12)Nc1ccc(F)cc1. The Bertz CT molecular complexity index is 1060. The Morgan fingerprint density at radius 2 is 1.92 bits per heavy atom. The van der Waals surface area contributed by atoms with Gasteiger partial charge in [-0.05, 0) is 36.4 Å². The number of fused-ring (bicyclic) bond motifs is 3. The molecule has 0 spiro atoms. The van der Waals surface area contributed by atoms with Crippen LogP contribution >= 0.6 is 11.8 Å². The summed E-state index contributed by atoms with van der Waals surface area (Å²) in [6, 6.07) is 13.5. The summed E-state index contributed by atoms with van der Waals surface area (Å²) >= 11 is 1.34. The summed E-state index contributed by atoms with van der Waals surface area (Å²) in [6.45, 7) is 0. The van der Waals surface area contributed by atoms with E-state index in [0.29, 0.717) is 5.69 Å². The fourth-order valence-electron chi connectivity index (χ4n) is 2.54. The van der Waals surface area contributed by atoms with Crippen LogP contribution in [0.1, 0.15) is 0 Å². The second-order valence-electron chi connectivity index (χ2n) is 5.40. The number of para-hydroxylation sites is 2. The number of anilines is 1. The van der Waals surface area contributed by atoms with Crippen LogP contribution in [0.3, 0.4) is 0 Å². The van der Waals surface area contributed by atoms with Crippen LogP contribution in [-0.2, 0) is 4.79 Å². The molecule has 0 saturated heterocycles. The number of hydrogen-bond acceptors (Lipinski definition) is 4. The lowest BCUT2D eigenvalue weighted by atomic mass is 10.3. The molecule has 124 valence electrons. The maximum Gasteiger partial charge on any atom is 0.234 e. The van der Waals surface area contributed by atoms with Crippen LogP contribution in [0.4, 0.5) is 10.1 Å². The number of halogens is 1. The highest BCUT2D eigenvalue weighted by Gasteiger charge is 2.11. The molecule has 25 heavy (non-hydrogen) atoms. The first kappa shape index (κ1) is 15.6. The van der Waals surface area contributed by atoms with Gasteiger partial charge in [-0.25, -0.2) is 14.4 Å². The van der Waals surface area contributed by atoms with Gasteiger partial charge >= 0.3 is 0 Å². The molecule has 0 saturated carbocycles. The second-order valence-corrected chi connectivity index (χ2v) is 6.36. The largest absolute Gasteiger partial charge is 0.325 e. The molecule has 1 N–H and O–H groups in total. The molecule has 0 unspecified atom stereocenters. The first-order chi connectivity index (χ1) is 12.2. The summed E-state index contributed by atoms with van der Waals surface area (Å²) in [5.74, 6) is -0.316. The smallest absolute Gasteiger partial charge is 0.234 e. The topological polar surface area (TPSA) is 59.3 Å². The minimum Gasteiger partial charge on any atom is -0.325 e. The van der Waals surface area contributed by atoms with Crippen LogP contribution < -0.4 is 5.32 Å². The Labute approximate surface area is 146 Å². The van der Waals surface area contributed by atoms with Crippen LogP contribution in [0.15, 0.2) is 66.1 Å². The van der Waals surface area contributed by atoms with E-state index in [4.69, 9.17) is 0 Å². The molecule has 0 aliphatic rings. The Morgan fingerprint density at radius 1 is 1.12 bits per heavy atom. The third-order valence-corrected chi connectivity index (χ3v) is 4.67. The molecule has 2 aromatic heterocycles. The van der Waals surface area contributed by atoms with Crippen LogP contribution in [0, 0.1) is 5.82 Å². The van der Waals surface area contributed by atoms with E-state index in [1.807, 2.05) is 28.7 Å². The lowest BCUT2D eigenvalue weighted by Gasteiger charge is -2.08. The quantitative estimate of drug-likeness (QED) is 0.568. The van der Waals surface area contributed by atoms with Crippen molar-refractivity contribution in [2.24, 2.45) is 0 Å². The number of rotatable bonds is 4. The van der Waals surface area contributed by atoms with Gasteiger partial charge < -0.3 is 5.32 Å². The van der Waals surface area contributed by atoms with Crippen LogP contribution in [0.5, 0.6) is 0 Å². The monoisotopic (exact) mass is 352 g/mol. The molecular formula is C18H13FN4OS. The van der Waals surface area contributed by atoms with E-state index in [9.17, 15) is 9.18 Å². The maximum absolute atomic E-state index is 12.9. The molecule has 0 bridgehead atoms. The standard InChI is InChI=1S/C18H13FN4OS/c19-12-5-7-13(8-6-12)21-17(24)10-25-18-16-9-20-11-23(16)15-4-2-1-3-14(15)22-18/h1-9,11H,10H2,(H,21,24). The molecule has 2 aromatic carbocycles. The molecule has 4 rings (SSSR count). The van der Waals surface area contributed by atoms with Gasteiger partial charge in [0, 0.05) is 5.69 Å². The van der Waals surface area contributed by atoms with Crippen molar-refractivity contribution in [3.63, 3.8) is 0 Å². The second kappa shape index (κ2) is 6.52. The van der Waals surface area contributed by atoms with Crippen molar-refractivity contribution in [2.45, 2.75) is 5.03 Å². The lowest BCUT2D eigenvalue weighted by Crippen LogP contribution is -2.14. The molecule has 0 aliphatic heterocycles. The number of thioether (sulfide) groups is 1.